The predicted molar refractivity (Wildman–Crippen MR) is 276 cm³/mol. The number of para-hydroxylation sites is 5. The molecule has 4 heterocycles. The van der Waals surface area contributed by atoms with Crippen molar-refractivity contribution in [1.82, 2.24) is 9.13 Å². The minimum Gasteiger partial charge on any atom is -0.456 e. The summed E-state index contributed by atoms with van der Waals surface area (Å²) < 4.78 is 18.5. The molecule has 0 spiro atoms. The van der Waals surface area contributed by atoms with Crippen LogP contribution in [0.3, 0.4) is 0 Å². The van der Waals surface area contributed by atoms with Gasteiger partial charge in [-0.1, -0.05) is 152 Å². The van der Waals surface area contributed by atoms with Gasteiger partial charge in [0.15, 0.2) is 5.58 Å². The van der Waals surface area contributed by atoms with Crippen molar-refractivity contribution >= 4 is 109 Å². The minimum absolute atomic E-state index is 0.872. The number of aromatic nitrogens is 2. The van der Waals surface area contributed by atoms with E-state index in [2.05, 4.69) is 215 Å². The van der Waals surface area contributed by atoms with E-state index in [1.54, 1.807) is 0 Å². The number of furan rings is 2. The molecule has 0 bridgehead atoms. The van der Waals surface area contributed by atoms with Crippen molar-refractivity contribution in [2.45, 2.75) is 0 Å². The lowest BCUT2D eigenvalue weighted by Gasteiger charge is -2.18. The summed E-state index contributed by atoms with van der Waals surface area (Å²) >= 11 is 0. The molecule has 0 aliphatic rings. The second kappa shape index (κ2) is 13.3. The average Bonchev–Trinajstić information content (AvgIpc) is 4.13. The highest BCUT2D eigenvalue weighted by atomic mass is 16.3. The van der Waals surface area contributed by atoms with Gasteiger partial charge < -0.3 is 18.0 Å². The predicted octanol–water partition coefficient (Wildman–Crippen LogP) is 17.3. The Bertz CT molecular complexity index is 4450. The molecule has 4 heteroatoms. The fraction of sp³-hybridized carbons (Fsp3) is 0. The van der Waals surface area contributed by atoms with E-state index in [4.69, 9.17) is 8.83 Å². The van der Waals surface area contributed by atoms with E-state index in [1.807, 2.05) is 12.1 Å². The first-order valence-electron chi connectivity index (χ1n) is 22.6. The molecule has 0 aliphatic heterocycles. The summed E-state index contributed by atoms with van der Waals surface area (Å²) in [5, 5.41) is 14.0. The number of rotatable bonds is 4. The van der Waals surface area contributed by atoms with Gasteiger partial charge in [-0.3, -0.25) is 0 Å². The van der Waals surface area contributed by atoms with Gasteiger partial charge in [-0.15, -0.1) is 0 Å². The fourth-order valence-electron chi connectivity index (χ4n) is 11.4. The highest BCUT2D eigenvalue weighted by molar-refractivity contribution is 6.40. The lowest BCUT2D eigenvalue weighted by molar-refractivity contribution is 0.669. The first-order valence-corrected chi connectivity index (χ1v) is 22.6. The van der Waals surface area contributed by atoms with Crippen molar-refractivity contribution in [3.8, 4) is 33.6 Å². The maximum absolute atomic E-state index is 7.12. The molecule has 0 saturated carbocycles. The lowest BCUT2D eigenvalue weighted by atomic mass is 9.85. The summed E-state index contributed by atoms with van der Waals surface area (Å²) in [6.45, 7) is 0. The number of hydrogen-bond donors (Lipinski definition) is 0. The van der Waals surface area contributed by atoms with Gasteiger partial charge >= 0.3 is 0 Å². The zero-order chi connectivity index (χ0) is 43.0. The molecular formula is C62H36N2O2. The zero-order valence-corrected chi connectivity index (χ0v) is 35.5. The molecule has 0 saturated heterocycles. The fourth-order valence-corrected chi connectivity index (χ4v) is 11.4. The minimum atomic E-state index is 0.872. The van der Waals surface area contributed by atoms with Gasteiger partial charge in [0.1, 0.15) is 16.7 Å². The molecule has 15 aromatic rings. The Hall–Kier alpha value is -8.86. The van der Waals surface area contributed by atoms with Crippen LogP contribution in [0.2, 0.25) is 0 Å². The van der Waals surface area contributed by atoms with E-state index >= 15 is 0 Å². The maximum atomic E-state index is 7.12. The van der Waals surface area contributed by atoms with Gasteiger partial charge in [0.25, 0.3) is 0 Å². The van der Waals surface area contributed by atoms with Crippen molar-refractivity contribution in [3.05, 3.63) is 218 Å². The van der Waals surface area contributed by atoms with Crippen LogP contribution in [0.5, 0.6) is 0 Å². The monoisotopic (exact) mass is 840 g/mol. The highest BCUT2D eigenvalue weighted by Gasteiger charge is 2.28. The van der Waals surface area contributed by atoms with E-state index in [9.17, 15) is 0 Å². The second-order valence-corrected chi connectivity index (χ2v) is 17.5. The quantitative estimate of drug-likeness (QED) is 0.166. The second-order valence-electron chi connectivity index (χ2n) is 17.5. The van der Waals surface area contributed by atoms with Crippen molar-refractivity contribution in [1.29, 1.82) is 0 Å². The van der Waals surface area contributed by atoms with Gasteiger partial charge in [0.2, 0.25) is 0 Å². The molecule has 0 N–H and O–H groups in total. The summed E-state index contributed by atoms with van der Waals surface area (Å²) in [6, 6.07) is 78.9. The molecule has 11 aromatic carbocycles. The molecule has 0 radical (unpaired) electrons. The summed E-state index contributed by atoms with van der Waals surface area (Å²) in [5.74, 6) is 0. The van der Waals surface area contributed by atoms with Crippen LogP contribution in [0.15, 0.2) is 227 Å². The van der Waals surface area contributed by atoms with Crippen LogP contribution in [0.25, 0.3) is 143 Å². The van der Waals surface area contributed by atoms with E-state index in [1.165, 1.54) is 59.7 Å². The van der Waals surface area contributed by atoms with Crippen molar-refractivity contribution in [2.75, 3.05) is 0 Å². The topological polar surface area (TPSA) is 36.1 Å². The Morgan fingerprint density at radius 1 is 0.273 bits per heavy atom. The molecule has 15 rings (SSSR count). The van der Waals surface area contributed by atoms with E-state index < -0.39 is 0 Å². The van der Waals surface area contributed by atoms with Gasteiger partial charge in [-0.05, 0) is 111 Å². The van der Waals surface area contributed by atoms with Crippen LogP contribution >= 0.6 is 0 Å². The molecule has 4 nitrogen and oxygen atoms in total. The van der Waals surface area contributed by atoms with Crippen molar-refractivity contribution in [3.63, 3.8) is 0 Å². The highest BCUT2D eigenvalue weighted by Crippen LogP contribution is 2.51. The Morgan fingerprint density at radius 2 is 0.742 bits per heavy atom. The Labute approximate surface area is 377 Å². The summed E-state index contributed by atoms with van der Waals surface area (Å²) in [7, 11) is 0. The zero-order valence-electron chi connectivity index (χ0n) is 35.5. The van der Waals surface area contributed by atoms with Gasteiger partial charge in [0, 0.05) is 54.5 Å². The van der Waals surface area contributed by atoms with Gasteiger partial charge in [-0.25, -0.2) is 0 Å². The molecule has 0 aliphatic carbocycles. The summed E-state index contributed by atoms with van der Waals surface area (Å²) in [5.41, 5.74) is 15.0. The largest absolute Gasteiger partial charge is 0.456 e. The standard InChI is InChI=1S/C62H36N2O2/c1-3-17-39(18-4-1)63-51-34-32-37(55-43-22-7-9-24-45(43)56(46-25-10-8-23-44(46)55)38-31-33-42-41-21-12-15-29-52(41)65-54(42)36-38)35-49(51)57-58-48-27-13-16-30-53(48)66-62(58)61-59(60(57)63)47-26-11-14-28-50(47)64(61)40-19-5-2-6-20-40/h1-36H. The summed E-state index contributed by atoms with van der Waals surface area (Å²) in [4.78, 5) is 0. The van der Waals surface area contributed by atoms with Gasteiger partial charge in [0.05, 0.1) is 22.1 Å². The van der Waals surface area contributed by atoms with Crippen LogP contribution in [0.4, 0.5) is 0 Å². The van der Waals surface area contributed by atoms with E-state index in [-0.39, 0.29) is 0 Å². The molecule has 0 fully saturated rings. The molecule has 306 valence electrons. The molecule has 0 amide bonds. The molecular weight excluding hydrogens is 805 g/mol. The lowest BCUT2D eigenvalue weighted by Crippen LogP contribution is -1.96. The molecule has 66 heavy (non-hydrogen) atoms. The molecule has 0 unspecified atom stereocenters. The first kappa shape index (κ1) is 35.6. The first-order chi connectivity index (χ1) is 32.8. The van der Waals surface area contributed by atoms with Crippen molar-refractivity contribution < 1.29 is 8.83 Å². The Balaban J connectivity index is 1.10. The smallest absolute Gasteiger partial charge is 0.160 e. The van der Waals surface area contributed by atoms with Crippen LogP contribution in [0, 0.1) is 0 Å². The molecule has 4 aromatic heterocycles. The number of benzene rings is 11. The van der Waals surface area contributed by atoms with Crippen molar-refractivity contribution in [2.24, 2.45) is 0 Å². The van der Waals surface area contributed by atoms with E-state index in [0.29, 0.717) is 0 Å². The third-order valence-electron chi connectivity index (χ3n) is 14.1. The van der Waals surface area contributed by atoms with Gasteiger partial charge in [-0.2, -0.15) is 0 Å². The third-order valence-corrected chi connectivity index (χ3v) is 14.1. The normalized spacial score (nSPS) is 12.2. The third kappa shape index (κ3) is 4.77. The number of nitrogens with zero attached hydrogens (tertiary/aromatic N) is 2. The van der Waals surface area contributed by atoms with Crippen LogP contribution < -0.4 is 0 Å². The summed E-state index contributed by atoms with van der Waals surface area (Å²) in [6.07, 6.45) is 0. The number of hydrogen-bond acceptors (Lipinski definition) is 2. The average molecular weight is 841 g/mol. The van der Waals surface area contributed by atoms with E-state index in [0.717, 1.165) is 82.9 Å². The SMILES string of the molecule is c1ccc(-n2c3ccccc3c3c2c2oc4ccccc4c2c2c4cc(-c5c6ccccc6c(-c6ccc7c(c6)oc6ccccc67)c6ccccc56)ccc4n(-c4ccccc4)c23)cc1. The van der Waals surface area contributed by atoms with Crippen LogP contribution in [0.1, 0.15) is 0 Å². The molecule has 0 atom stereocenters. The van der Waals surface area contributed by atoms with Crippen LogP contribution in [-0.2, 0) is 0 Å². The Morgan fingerprint density at radius 3 is 1.39 bits per heavy atom. The van der Waals surface area contributed by atoms with Crippen LogP contribution in [-0.4, -0.2) is 9.13 Å². The number of fused-ring (bicyclic) bond motifs is 17. The Kier molecular flexibility index (Phi) is 7.19. The maximum Gasteiger partial charge on any atom is 0.160 e.